The molecular weight excluding hydrogens is 351 g/mol. The SMILES string of the molecule is CC.CC/C=c1\c(=C/C(C)(C)CC)sc2nc(-c3ccc(F)s3)cn12. The molecule has 0 radical (unpaired) electrons. The summed E-state index contributed by atoms with van der Waals surface area (Å²) in [6.07, 6.45) is 8.67. The van der Waals surface area contributed by atoms with Crippen LogP contribution in [0, 0.1) is 10.5 Å². The number of imidazole rings is 1. The average Bonchev–Trinajstić information content (AvgIpc) is 3.26. The van der Waals surface area contributed by atoms with Gasteiger partial charge in [-0.3, -0.25) is 4.40 Å². The first-order valence-electron chi connectivity index (χ1n) is 8.90. The lowest BCUT2D eigenvalue weighted by Crippen LogP contribution is -2.26. The highest BCUT2D eigenvalue weighted by Crippen LogP contribution is 2.27. The van der Waals surface area contributed by atoms with Crippen LogP contribution in [0.4, 0.5) is 4.39 Å². The Kier molecular flexibility index (Phi) is 6.58. The fourth-order valence-electron chi connectivity index (χ4n) is 2.40. The van der Waals surface area contributed by atoms with E-state index in [2.05, 4.69) is 44.2 Å². The zero-order valence-electron chi connectivity index (χ0n) is 15.9. The van der Waals surface area contributed by atoms with Crippen molar-refractivity contribution in [1.82, 2.24) is 9.38 Å². The van der Waals surface area contributed by atoms with E-state index in [1.165, 1.54) is 15.9 Å². The van der Waals surface area contributed by atoms with E-state index >= 15 is 0 Å². The van der Waals surface area contributed by atoms with Crippen molar-refractivity contribution >= 4 is 39.8 Å². The second-order valence-electron chi connectivity index (χ2n) is 6.33. The summed E-state index contributed by atoms with van der Waals surface area (Å²) in [5, 5.41) is 1.03. The summed E-state index contributed by atoms with van der Waals surface area (Å²) in [4.78, 5) is 6.54. The normalized spacial score (nSPS) is 13.4. The summed E-state index contributed by atoms with van der Waals surface area (Å²) in [6.45, 7) is 12.9. The molecule has 3 rings (SSSR count). The van der Waals surface area contributed by atoms with E-state index in [1.807, 2.05) is 20.0 Å². The van der Waals surface area contributed by atoms with Gasteiger partial charge in [-0.1, -0.05) is 65.0 Å². The third kappa shape index (κ3) is 4.39. The summed E-state index contributed by atoms with van der Waals surface area (Å²) in [6, 6.07) is 3.29. The van der Waals surface area contributed by atoms with Crippen molar-refractivity contribution in [3.05, 3.63) is 33.3 Å². The van der Waals surface area contributed by atoms with E-state index in [9.17, 15) is 4.39 Å². The molecule has 0 unspecified atom stereocenters. The van der Waals surface area contributed by atoms with Crippen molar-refractivity contribution in [2.45, 2.75) is 54.4 Å². The van der Waals surface area contributed by atoms with Crippen molar-refractivity contribution in [2.75, 3.05) is 0 Å². The molecule has 3 aromatic rings. The van der Waals surface area contributed by atoms with Crippen molar-refractivity contribution in [3.8, 4) is 10.6 Å². The minimum Gasteiger partial charge on any atom is -0.290 e. The zero-order valence-corrected chi connectivity index (χ0v) is 17.5. The molecule has 0 fully saturated rings. The molecule has 0 atom stereocenters. The van der Waals surface area contributed by atoms with Crippen LogP contribution in [0.1, 0.15) is 54.4 Å². The summed E-state index contributed by atoms with van der Waals surface area (Å²) < 4.78 is 16.7. The predicted molar refractivity (Wildman–Crippen MR) is 110 cm³/mol. The van der Waals surface area contributed by atoms with E-state index in [4.69, 9.17) is 4.98 Å². The Morgan fingerprint density at radius 3 is 2.48 bits per heavy atom. The maximum Gasteiger partial charge on any atom is 0.195 e. The van der Waals surface area contributed by atoms with Crippen LogP contribution in [0.15, 0.2) is 18.3 Å². The van der Waals surface area contributed by atoms with Crippen molar-refractivity contribution in [2.24, 2.45) is 5.41 Å². The van der Waals surface area contributed by atoms with Crippen LogP contribution in [0.25, 0.3) is 27.7 Å². The molecule has 0 aromatic carbocycles. The molecule has 0 saturated carbocycles. The van der Waals surface area contributed by atoms with Gasteiger partial charge in [-0.2, -0.15) is 4.39 Å². The first kappa shape index (κ1) is 19.9. The number of rotatable bonds is 4. The monoisotopic (exact) mass is 378 g/mol. The molecule has 136 valence electrons. The third-order valence-electron chi connectivity index (χ3n) is 4.04. The molecule has 0 aliphatic carbocycles. The largest absolute Gasteiger partial charge is 0.290 e. The van der Waals surface area contributed by atoms with E-state index in [0.717, 1.165) is 39.7 Å². The smallest absolute Gasteiger partial charge is 0.195 e. The van der Waals surface area contributed by atoms with Crippen LogP contribution in [0.3, 0.4) is 0 Å². The Labute approximate surface area is 157 Å². The van der Waals surface area contributed by atoms with Crippen LogP contribution in [-0.4, -0.2) is 9.38 Å². The van der Waals surface area contributed by atoms with Gasteiger partial charge in [0.15, 0.2) is 10.1 Å². The second kappa shape index (κ2) is 8.28. The maximum absolute atomic E-state index is 13.3. The maximum atomic E-state index is 13.3. The number of fused-ring (bicyclic) bond motifs is 1. The molecule has 2 nitrogen and oxygen atoms in total. The molecule has 3 aromatic heterocycles. The average molecular weight is 379 g/mol. The summed E-state index contributed by atoms with van der Waals surface area (Å²) in [7, 11) is 0. The number of aromatic nitrogens is 2. The lowest BCUT2D eigenvalue weighted by Gasteiger charge is -2.15. The Bertz CT molecular complexity index is 944. The van der Waals surface area contributed by atoms with Gasteiger partial charge in [0.25, 0.3) is 0 Å². The minimum absolute atomic E-state index is 0.166. The topological polar surface area (TPSA) is 17.3 Å². The molecule has 5 heteroatoms. The van der Waals surface area contributed by atoms with Gasteiger partial charge in [0.05, 0.1) is 14.8 Å². The Hall–Kier alpha value is -1.46. The molecule has 25 heavy (non-hydrogen) atoms. The van der Waals surface area contributed by atoms with E-state index in [-0.39, 0.29) is 10.5 Å². The van der Waals surface area contributed by atoms with Crippen LogP contribution < -0.4 is 9.88 Å². The van der Waals surface area contributed by atoms with Crippen LogP contribution in [-0.2, 0) is 0 Å². The van der Waals surface area contributed by atoms with Crippen molar-refractivity contribution in [3.63, 3.8) is 0 Å². The molecule has 0 saturated heterocycles. The Morgan fingerprint density at radius 2 is 1.92 bits per heavy atom. The fraction of sp³-hybridized carbons (Fsp3) is 0.450. The highest BCUT2D eigenvalue weighted by atomic mass is 32.1. The first-order valence-corrected chi connectivity index (χ1v) is 10.5. The molecule has 0 amide bonds. The van der Waals surface area contributed by atoms with Gasteiger partial charge < -0.3 is 0 Å². The van der Waals surface area contributed by atoms with Crippen LogP contribution in [0.2, 0.25) is 0 Å². The molecule has 0 spiro atoms. The highest BCUT2D eigenvalue weighted by Gasteiger charge is 2.14. The second-order valence-corrected chi connectivity index (χ2v) is 8.38. The molecular formula is C20H27FN2S2. The number of hydrogen-bond donors (Lipinski definition) is 0. The molecule has 0 bridgehead atoms. The molecule has 0 aliphatic rings. The lowest BCUT2D eigenvalue weighted by molar-refractivity contribution is 0.496. The van der Waals surface area contributed by atoms with Gasteiger partial charge in [-0.15, -0.1) is 11.3 Å². The van der Waals surface area contributed by atoms with E-state index in [0.29, 0.717) is 0 Å². The Morgan fingerprint density at radius 1 is 1.20 bits per heavy atom. The number of thiazole rings is 1. The van der Waals surface area contributed by atoms with Gasteiger partial charge in [0, 0.05) is 6.20 Å². The number of halogens is 1. The molecule has 0 aliphatic heterocycles. The van der Waals surface area contributed by atoms with Crippen LogP contribution in [0.5, 0.6) is 0 Å². The molecule has 3 heterocycles. The van der Waals surface area contributed by atoms with Crippen molar-refractivity contribution in [1.29, 1.82) is 0 Å². The van der Waals surface area contributed by atoms with E-state index in [1.54, 1.807) is 17.4 Å². The van der Waals surface area contributed by atoms with Crippen molar-refractivity contribution < 1.29 is 4.39 Å². The highest BCUT2D eigenvalue weighted by molar-refractivity contribution is 7.15. The summed E-state index contributed by atoms with van der Waals surface area (Å²) in [5.74, 6) is 0. The van der Waals surface area contributed by atoms with Gasteiger partial charge >= 0.3 is 0 Å². The standard InChI is InChI=1S/C18H21FN2S2.C2H6/c1-5-7-13-15(10-18(3,4)6-2)23-17-20-12(11-21(13)17)14-8-9-16(19)22-14;1-2/h7-11H,5-6H2,1-4H3;1-2H3/b13-7+,15-10+;. The Balaban J connectivity index is 0.00000109. The number of hydrogen-bond acceptors (Lipinski definition) is 3. The fourth-order valence-corrected chi connectivity index (χ4v) is 4.34. The summed E-state index contributed by atoms with van der Waals surface area (Å²) >= 11 is 2.84. The number of thiophene rings is 1. The van der Waals surface area contributed by atoms with Gasteiger partial charge in [-0.05, 0) is 30.4 Å². The zero-order chi connectivity index (χ0) is 18.6. The predicted octanol–water partition coefficient (Wildman–Crippen LogP) is 5.70. The van der Waals surface area contributed by atoms with Gasteiger partial charge in [0.1, 0.15) is 5.69 Å². The van der Waals surface area contributed by atoms with E-state index < -0.39 is 0 Å². The summed E-state index contributed by atoms with van der Waals surface area (Å²) in [5.41, 5.74) is 1.01. The first-order chi connectivity index (χ1) is 11.9. The molecule has 0 N–H and O–H groups in total. The third-order valence-corrected chi connectivity index (χ3v) is 5.96. The van der Waals surface area contributed by atoms with Gasteiger partial charge in [0.2, 0.25) is 0 Å². The van der Waals surface area contributed by atoms with Gasteiger partial charge in [-0.25, -0.2) is 4.98 Å². The quantitative estimate of drug-likeness (QED) is 0.569. The van der Waals surface area contributed by atoms with Crippen LogP contribution >= 0.6 is 22.7 Å². The minimum atomic E-state index is -0.171. The number of nitrogens with zero attached hydrogens (tertiary/aromatic N) is 2. The lowest BCUT2D eigenvalue weighted by atomic mass is 9.90.